The zero-order chi connectivity index (χ0) is 26.8. The molecule has 0 fully saturated rings. The minimum atomic E-state index is 0.555. The lowest BCUT2D eigenvalue weighted by molar-refractivity contribution is 0.739. The average Bonchev–Trinajstić information content (AvgIpc) is 2.97. The van der Waals surface area contributed by atoms with Crippen molar-refractivity contribution in [3.8, 4) is 45.3 Å². The van der Waals surface area contributed by atoms with Crippen LogP contribution in [0.25, 0.3) is 50.9 Å². The number of benzene rings is 4. The smallest absolute Gasteiger partial charge is 0.164 e. The van der Waals surface area contributed by atoms with Crippen LogP contribution in [0.3, 0.4) is 0 Å². The maximum atomic E-state index is 6.37. The van der Waals surface area contributed by atoms with E-state index in [0.717, 1.165) is 44.3 Å². The van der Waals surface area contributed by atoms with Crippen LogP contribution >= 0.6 is 15.9 Å². The molecule has 0 saturated carbocycles. The van der Waals surface area contributed by atoms with Crippen LogP contribution in [0.5, 0.6) is 0 Å². The van der Waals surface area contributed by atoms with E-state index in [4.69, 9.17) is 22.8 Å². The highest BCUT2D eigenvalue weighted by atomic mass is 79.9. The number of nitrogens with zero attached hydrogens (tertiary/aromatic N) is 3. The Bertz CT molecular complexity index is 1710. The Morgan fingerprint density at radius 3 is 1.82 bits per heavy atom. The molecule has 4 aromatic carbocycles. The summed E-state index contributed by atoms with van der Waals surface area (Å²) in [5.74, 6) is 2.36. The molecule has 0 aliphatic heterocycles. The van der Waals surface area contributed by atoms with Crippen molar-refractivity contribution in [1.29, 1.82) is 0 Å². The SMILES string of the molecule is [B]c1cc(-c2ccccc2)cc(-c2nc(-c3ccccc3)nc(-c3cc(Br)cc(C4=CCC(C)C=C4)c3)n2)c1. The van der Waals surface area contributed by atoms with E-state index in [1.807, 2.05) is 60.7 Å². The monoisotopic (exact) mass is 565 g/mol. The van der Waals surface area contributed by atoms with E-state index in [2.05, 4.69) is 77.5 Å². The van der Waals surface area contributed by atoms with E-state index in [1.165, 1.54) is 5.57 Å². The molecule has 3 nitrogen and oxygen atoms in total. The van der Waals surface area contributed by atoms with Crippen LogP contribution in [-0.4, -0.2) is 22.8 Å². The van der Waals surface area contributed by atoms with Crippen LogP contribution in [-0.2, 0) is 0 Å². The number of allylic oxidation sites excluding steroid dienone is 4. The van der Waals surface area contributed by atoms with Gasteiger partial charge in [0.1, 0.15) is 7.85 Å². The van der Waals surface area contributed by atoms with Crippen LogP contribution in [0, 0.1) is 5.92 Å². The molecule has 5 aromatic rings. The van der Waals surface area contributed by atoms with E-state index >= 15 is 0 Å². The molecular weight excluding hydrogens is 541 g/mol. The molecule has 0 bridgehead atoms. The van der Waals surface area contributed by atoms with Gasteiger partial charge < -0.3 is 0 Å². The Morgan fingerprint density at radius 1 is 0.641 bits per heavy atom. The molecule has 5 heteroatoms. The minimum absolute atomic E-state index is 0.555. The number of halogens is 1. The topological polar surface area (TPSA) is 38.7 Å². The van der Waals surface area contributed by atoms with E-state index in [9.17, 15) is 0 Å². The quantitative estimate of drug-likeness (QED) is 0.202. The molecule has 0 N–H and O–H groups in total. The summed E-state index contributed by atoms with van der Waals surface area (Å²) in [6.45, 7) is 2.23. The third-order valence-corrected chi connectivity index (χ3v) is 7.25. The molecule has 0 amide bonds. The summed E-state index contributed by atoms with van der Waals surface area (Å²) in [7, 11) is 6.37. The van der Waals surface area contributed by atoms with Gasteiger partial charge in [-0.3, -0.25) is 0 Å². The zero-order valence-electron chi connectivity index (χ0n) is 21.6. The van der Waals surface area contributed by atoms with Crippen molar-refractivity contribution < 1.29 is 0 Å². The van der Waals surface area contributed by atoms with Crippen molar-refractivity contribution in [2.24, 2.45) is 5.92 Å². The molecule has 1 heterocycles. The lowest BCUT2D eigenvalue weighted by Crippen LogP contribution is -2.06. The molecule has 39 heavy (non-hydrogen) atoms. The molecule has 6 rings (SSSR count). The number of rotatable bonds is 5. The summed E-state index contributed by atoms with van der Waals surface area (Å²) in [4.78, 5) is 14.8. The van der Waals surface area contributed by atoms with Gasteiger partial charge in [-0.2, -0.15) is 0 Å². The van der Waals surface area contributed by atoms with Crippen LogP contribution in [0.4, 0.5) is 0 Å². The Kier molecular flexibility index (Phi) is 7.08. The van der Waals surface area contributed by atoms with Gasteiger partial charge in [-0.05, 0) is 58.9 Å². The third-order valence-electron chi connectivity index (χ3n) is 6.79. The normalized spacial score (nSPS) is 14.7. The molecule has 1 atom stereocenters. The second kappa shape index (κ2) is 11.0. The van der Waals surface area contributed by atoms with Gasteiger partial charge in [0.2, 0.25) is 0 Å². The average molecular weight is 566 g/mol. The molecule has 1 aliphatic rings. The fourth-order valence-electron chi connectivity index (χ4n) is 4.76. The van der Waals surface area contributed by atoms with Gasteiger partial charge >= 0.3 is 0 Å². The second-order valence-corrected chi connectivity index (χ2v) is 10.8. The van der Waals surface area contributed by atoms with Crippen molar-refractivity contribution >= 4 is 34.8 Å². The van der Waals surface area contributed by atoms with Gasteiger partial charge in [-0.25, -0.2) is 15.0 Å². The van der Waals surface area contributed by atoms with Crippen LogP contribution in [0.1, 0.15) is 18.9 Å². The molecule has 0 spiro atoms. The fraction of sp³-hybridized carbons (Fsp3) is 0.0882. The van der Waals surface area contributed by atoms with Crippen LogP contribution < -0.4 is 5.46 Å². The zero-order valence-corrected chi connectivity index (χ0v) is 23.1. The Hall–Kier alpha value is -4.09. The first-order chi connectivity index (χ1) is 19.0. The highest BCUT2D eigenvalue weighted by molar-refractivity contribution is 9.10. The highest BCUT2D eigenvalue weighted by Gasteiger charge is 2.15. The lowest BCUT2D eigenvalue weighted by atomic mass is 9.89. The molecule has 1 aromatic heterocycles. The maximum absolute atomic E-state index is 6.37. The molecular formula is C34H25BBrN3. The molecule has 0 saturated heterocycles. The lowest BCUT2D eigenvalue weighted by Gasteiger charge is -2.14. The summed E-state index contributed by atoms with van der Waals surface area (Å²) >= 11 is 3.72. The first-order valence-corrected chi connectivity index (χ1v) is 13.8. The predicted molar refractivity (Wildman–Crippen MR) is 166 cm³/mol. The first-order valence-electron chi connectivity index (χ1n) is 13.0. The summed E-state index contributed by atoms with van der Waals surface area (Å²) < 4.78 is 0.974. The molecule has 186 valence electrons. The van der Waals surface area contributed by atoms with Gasteiger partial charge in [-0.1, -0.05) is 119 Å². The van der Waals surface area contributed by atoms with E-state index in [-0.39, 0.29) is 0 Å². The number of aromatic nitrogens is 3. The third kappa shape index (κ3) is 5.69. The van der Waals surface area contributed by atoms with E-state index in [1.54, 1.807) is 0 Å². The first kappa shape index (κ1) is 25.2. The predicted octanol–water partition coefficient (Wildman–Crippen LogP) is 8.08. The van der Waals surface area contributed by atoms with Gasteiger partial charge in [-0.15, -0.1) is 0 Å². The Labute approximate surface area is 239 Å². The second-order valence-electron chi connectivity index (χ2n) is 9.84. The van der Waals surface area contributed by atoms with Gasteiger partial charge in [0.15, 0.2) is 17.5 Å². The molecule has 1 unspecified atom stereocenters. The standard InChI is InChI=1S/C34H25BBrN3/c1-22-12-14-24(15-13-22)27-17-29(21-31(36)20-27)34-38-32(25-10-6-3-7-11-25)37-33(39-34)28-16-26(18-30(35)19-28)23-8-4-2-5-9-23/h2-12,14-22H,13H2,1H3. The van der Waals surface area contributed by atoms with E-state index in [0.29, 0.717) is 28.9 Å². The highest BCUT2D eigenvalue weighted by Crippen LogP contribution is 2.32. The van der Waals surface area contributed by atoms with Crippen molar-refractivity contribution in [3.63, 3.8) is 0 Å². The summed E-state index contributed by atoms with van der Waals surface area (Å²) in [5.41, 5.74) is 7.78. The minimum Gasteiger partial charge on any atom is -0.208 e. The van der Waals surface area contributed by atoms with Gasteiger partial charge in [0.05, 0.1) is 0 Å². The van der Waals surface area contributed by atoms with Crippen molar-refractivity contribution in [3.05, 3.63) is 125 Å². The Morgan fingerprint density at radius 2 is 1.18 bits per heavy atom. The van der Waals surface area contributed by atoms with Crippen LogP contribution in [0.15, 0.2) is 120 Å². The van der Waals surface area contributed by atoms with Crippen molar-refractivity contribution in [2.75, 3.05) is 0 Å². The van der Waals surface area contributed by atoms with Gasteiger partial charge in [0, 0.05) is 21.2 Å². The number of hydrogen-bond acceptors (Lipinski definition) is 3. The van der Waals surface area contributed by atoms with Crippen LogP contribution in [0.2, 0.25) is 0 Å². The van der Waals surface area contributed by atoms with Crippen molar-refractivity contribution in [1.82, 2.24) is 15.0 Å². The molecule has 1 aliphatic carbocycles. The largest absolute Gasteiger partial charge is 0.208 e. The maximum Gasteiger partial charge on any atom is 0.164 e. The summed E-state index contributed by atoms with van der Waals surface area (Å²) in [6.07, 6.45) is 7.78. The van der Waals surface area contributed by atoms with Crippen molar-refractivity contribution in [2.45, 2.75) is 13.3 Å². The Balaban J connectivity index is 1.51. The number of hydrogen-bond donors (Lipinski definition) is 0. The van der Waals surface area contributed by atoms with Gasteiger partial charge in [0.25, 0.3) is 0 Å². The van der Waals surface area contributed by atoms with E-state index < -0.39 is 0 Å². The summed E-state index contributed by atoms with van der Waals surface area (Å²) in [6, 6.07) is 32.5. The fourth-order valence-corrected chi connectivity index (χ4v) is 5.25. The molecule has 2 radical (unpaired) electrons. The summed E-state index contributed by atoms with van der Waals surface area (Å²) in [5, 5.41) is 0.